The van der Waals surface area contributed by atoms with Crippen LogP contribution < -0.4 is 5.32 Å². The normalized spacial score (nSPS) is 11.3. The molecule has 0 saturated heterocycles. The molecular weight excluding hydrogens is 322 g/mol. The zero-order valence-corrected chi connectivity index (χ0v) is 14.6. The molecule has 0 saturated carbocycles. The van der Waals surface area contributed by atoms with E-state index in [1.54, 1.807) is 12.1 Å². The van der Waals surface area contributed by atoms with Crippen molar-refractivity contribution in [3.05, 3.63) is 70.7 Å². The lowest BCUT2D eigenvalue weighted by molar-refractivity contribution is -0.115. The maximum Gasteiger partial charge on any atom is 0.251 e. The van der Waals surface area contributed by atoms with Gasteiger partial charge in [0, 0.05) is 30.4 Å². The standard InChI is InChI=1S/C20H22ClNO2/c1-2-24-14-6-13-22-20(23)19(15-16-7-4-3-5-8-16)17-9-11-18(21)12-10-17/h3-5,7-12,15H,2,6,13-14H2,1H3,(H,22,23). The first-order valence-electron chi connectivity index (χ1n) is 8.09. The molecule has 126 valence electrons. The van der Waals surface area contributed by atoms with Gasteiger partial charge >= 0.3 is 0 Å². The summed E-state index contributed by atoms with van der Waals surface area (Å²) in [5.74, 6) is -0.0994. The lowest BCUT2D eigenvalue weighted by atomic mass is 10.0. The first-order valence-corrected chi connectivity index (χ1v) is 8.47. The van der Waals surface area contributed by atoms with E-state index in [0.717, 1.165) is 17.5 Å². The van der Waals surface area contributed by atoms with Gasteiger partial charge in [0.05, 0.1) is 0 Å². The average Bonchev–Trinajstić information content (AvgIpc) is 2.61. The zero-order valence-electron chi connectivity index (χ0n) is 13.8. The molecule has 4 heteroatoms. The van der Waals surface area contributed by atoms with Crippen LogP contribution in [0.5, 0.6) is 0 Å². The number of ether oxygens (including phenoxy) is 1. The van der Waals surface area contributed by atoms with Gasteiger partial charge in [-0.1, -0.05) is 54.1 Å². The number of benzene rings is 2. The van der Waals surface area contributed by atoms with Crippen LogP contribution in [0.1, 0.15) is 24.5 Å². The Morgan fingerprint density at radius 2 is 1.83 bits per heavy atom. The van der Waals surface area contributed by atoms with Gasteiger partial charge in [-0.3, -0.25) is 4.79 Å². The molecule has 0 aliphatic rings. The Morgan fingerprint density at radius 3 is 2.50 bits per heavy atom. The highest BCUT2D eigenvalue weighted by molar-refractivity contribution is 6.31. The molecule has 24 heavy (non-hydrogen) atoms. The van der Waals surface area contributed by atoms with Crippen molar-refractivity contribution < 1.29 is 9.53 Å². The van der Waals surface area contributed by atoms with Crippen LogP contribution in [-0.2, 0) is 9.53 Å². The summed E-state index contributed by atoms with van der Waals surface area (Å²) in [6, 6.07) is 17.1. The van der Waals surface area contributed by atoms with Crippen molar-refractivity contribution in [3.8, 4) is 0 Å². The van der Waals surface area contributed by atoms with E-state index < -0.39 is 0 Å². The van der Waals surface area contributed by atoms with Crippen molar-refractivity contribution in [3.63, 3.8) is 0 Å². The van der Waals surface area contributed by atoms with E-state index in [-0.39, 0.29) is 5.91 Å². The van der Waals surface area contributed by atoms with Crippen LogP contribution in [0.2, 0.25) is 5.02 Å². The third-order valence-electron chi connectivity index (χ3n) is 3.47. The Balaban J connectivity index is 2.15. The fourth-order valence-electron chi connectivity index (χ4n) is 2.24. The monoisotopic (exact) mass is 343 g/mol. The van der Waals surface area contributed by atoms with Crippen LogP contribution in [0.15, 0.2) is 54.6 Å². The highest BCUT2D eigenvalue weighted by Gasteiger charge is 2.11. The molecule has 2 rings (SSSR count). The molecule has 0 aromatic heterocycles. The molecule has 0 heterocycles. The summed E-state index contributed by atoms with van der Waals surface area (Å²) in [5.41, 5.74) is 2.44. The molecule has 0 radical (unpaired) electrons. The largest absolute Gasteiger partial charge is 0.382 e. The van der Waals surface area contributed by atoms with Gasteiger partial charge in [0.15, 0.2) is 0 Å². The van der Waals surface area contributed by atoms with Crippen LogP contribution >= 0.6 is 11.6 Å². The molecule has 1 amide bonds. The molecule has 0 atom stereocenters. The summed E-state index contributed by atoms with van der Waals surface area (Å²) < 4.78 is 5.29. The quantitative estimate of drug-likeness (QED) is 0.437. The number of nitrogens with one attached hydrogen (secondary N) is 1. The molecule has 0 spiro atoms. The molecule has 0 bridgehead atoms. The van der Waals surface area contributed by atoms with Gasteiger partial charge < -0.3 is 10.1 Å². The molecule has 0 fully saturated rings. The number of carbonyl (C=O) groups is 1. The number of carbonyl (C=O) groups excluding carboxylic acids is 1. The number of hydrogen-bond acceptors (Lipinski definition) is 2. The number of halogens is 1. The summed E-state index contributed by atoms with van der Waals surface area (Å²) in [4.78, 5) is 12.6. The summed E-state index contributed by atoms with van der Waals surface area (Å²) in [6.45, 7) is 3.88. The Morgan fingerprint density at radius 1 is 1.12 bits per heavy atom. The third kappa shape index (κ3) is 5.84. The van der Waals surface area contributed by atoms with Crippen LogP contribution in [0.25, 0.3) is 11.6 Å². The molecule has 0 aliphatic heterocycles. The van der Waals surface area contributed by atoms with Crippen LogP contribution in [0.4, 0.5) is 0 Å². The first kappa shape index (κ1) is 18.2. The smallest absolute Gasteiger partial charge is 0.251 e. The molecule has 0 aliphatic carbocycles. The van der Waals surface area contributed by atoms with Crippen molar-refractivity contribution in [1.29, 1.82) is 0 Å². The minimum atomic E-state index is -0.0994. The van der Waals surface area contributed by atoms with Crippen molar-refractivity contribution in [2.45, 2.75) is 13.3 Å². The second kappa shape index (κ2) is 9.91. The maximum atomic E-state index is 12.6. The molecular formula is C20H22ClNO2. The molecule has 2 aromatic rings. The number of amides is 1. The molecule has 1 N–H and O–H groups in total. The van der Waals surface area contributed by atoms with Gasteiger partial charge in [-0.2, -0.15) is 0 Å². The number of hydrogen-bond donors (Lipinski definition) is 1. The van der Waals surface area contributed by atoms with Gasteiger partial charge in [-0.05, 0) is 42.7 Å². The summed E-state index contributed by atoms with van der Waals surface area (Å²) in [6.07, 6.45) is 2.68. The van der Waals surface area contributed by atoms with Gasteiger partial charge in [0.2, 0.25) is 0 Å². The minimum Gasteiger partial charge on any atom is -0.382 e. The highest BCUT2D eigenvalue weighted by Crippen LogP contribution is 2.21. The molecule has 3 nitrogen and oxygen atoms in total. The predicted octanol–water partition coefficient (Wildman–Crippen LogP) is 4.42. The van der Waals surface area contributed by atoms with E-state index in [1.165, 1.54) is 0 Å². The fraction of sp³-hybridized carbons (Fsp3) is 0.250. The lowest BCUT2D eigenvalue weighted by Crippen LogP contribution is -2.26. The maximum absolute atomic E-state index is 12.6. The summed E-state index contributed by atoms with van der Waals surface area (Å²) in [7, 11) is 0. The third-order valence-corrected chi connectivity index (χ3v) is 3.72. The first-order chi connectivity index (χ1) is 11.7. The van der Waals surface area contributed by atoms with E-state index in [1.807, 2.05) is 55.5 Å². The van der Waals surface area contributed by atoms with Gasteiger partial charge in [-0.15, -0.1) is 0 Å². The van der Waals surface area contributed by atoms with Crippen molar-refractivity contribution >= 4 is 29.2 Å². The fourth-order valence-corrected chi connectivity index (χ4v) is 2.37. The van der Waals surface area contributed by atoms with Crippen LogP contribution in [0.3, 0.4) is 0 Å². The Hall–Kier alpha value is -2.10. The van der Waals surface area contributed by atoms with Crippen molar-refractivity contribution in [2.24, 2.45) is 0 Å². The van der Waals surface area contributed by atoms with Gasteiger partial charge in [0.25, 0.3) is 5.91 Å². The second-order valence-electron chi connectivity index (χ2n) is 5.28. The van der Waals surface area contributed by atoms with E-state index in [0.29, 0.717) is 30.4 Å². The molecule has 0 unspecified atom stereocenters. The van der Waals surface area contributed by atoms with Gasteiger partial charge in [-0.25, -0.2) is 0 Å². The van der Waals surface area contributed by atoms with E-state index >= 15 is 0 Å². The zero-order chi connectivity index (χ0) is 17.2. The summed E-state index contributed by atoms with van der Waals surface area (Å²) in [5, 5.41) is 3.60. The average molecular weight is 344 g/mol. The second-order valence-corrected chi connectivity index (χ2v) is 5.72. The number of rotatable bonds is 8. The van der Waals surface area contributed by atoms with Gasteiger partial charge in [0.1, 0.15) is 0 Å². The SMILES string of the molecule is CCOCCCNC(=O)C(=Cc1ccccc1)c1ccc(Cl)cc1. The van der Waals surface area contributed by atoms with Crippen LogP contribution in [0, 0.1) is 0 Å². The Labute approximate surface area is 148 Å². The topological polar surface area (TPSA) is 38.3 Å². The predicted molar refractivity (Wildman–Crippen MR) is 99.9 cm³/mol. The minimum absolute atomic E-state index is 0.0994. The van der Waals surface area contributed by atoms with E-state index in [4.69, 9.17) is 16.3 Å². The summed E-state index contributed by atoms with van der Waals surface area (Å²) >= 11 is 5.95. The Bertz CT molecular complexity index is 666. The van der Waals surface area contributed by atoms with E-state index in [2.05, 4.69) is 5.32 Å². The van der Waals surface area contributed by atoms with Crippen LogP contribution in [-0.4, -0.2) is 25.7 Å². The van der Waals surface area contributed by atoms with Crippen molar-refractivity contribution in [2.75, 3.05) is 19.8 Å². The highest BCUT2D eigenvalue weighted by atomic mass is 35.5. The molecule has 2 aromatic carbocycles. The van der Waals surface area contributed by atoms with Crippen molar-refractivity contribution in [1.82, 2.24) is 5.32 Å². The van der Waals surface area contributed by atoms with E-state index in [9.17, 15) is 4.79 Å². The lowest BCUT2D eigenvalue weighted by Gasteiger charge is -2.10. The Kier molecular flexibility index (Phi) is 7.53.